The Bertz CT molecular complexity index is 677. The molecule has 2 rings (SSSR count). The van der Waals surface area contributed by atoms with Crippen LogP contribution in [0.4, 0.5) is 0 Å². The Hall–Kier alpha value is -0.980. The van der Waals surface area contributed by atoms with Crippen LogP contribution in [0.1, 0.15) is 5.56 Å². The van der Waals surface area contributed by atoms with Crippen molar-refractivity contribution >= 4 is 46.4 Å². The monoisotopic (exact) mass is 330 g/mol. The summed E-state index contributed by atoms with van der Waals surface area (Å²) in [6, 6.07) is 6.97. The average Bonchev–Trinajstić information content (AvgIpc) is 2.37. The van der Waals surface area contributed by atoms with Crippen molar-refractivity contribution in [1.82, 2.24) is 4.98 Å². The quantitative estimate of drug-likeness (QED) is 0.688. The van der Waals surface area contributed by atoms with Gasteiger partial charge in [-0.25, -0.2) is 0 Å². The van der Waals surface area contributed by atoms with E-state index in [1.54, 1.807) is 18.2 Å². The van der Waals surface area contributed by atoms with Gasteiger partial charge in [-0.2, -0.15) is 5.26 Å². The molecule has 96 valence electrons. The van der Waals surface area contributed by atoms with Crippen LogP contribution in [0, 0.1) is 11.3 Å². The van der Waals surface area contributed by atoms with Gasteiger partial charge in [0.15, 0.2) is 0 Å². The van der Waals surface area contributed by atoms with Gasteiger partial charge in [0.1, 0.15) is 0 Å². The Labute approximate surface area is 130 Å². The van der Waals surface area contributed by atoms with Crippen molar-refractivity contribution in [3.8, 4) is 17.3 Å². The summed E-state index contributed by atoms with van der Waals surface area (Å²) < 4.78 is 0. The number of aromatic nitrogens is 1. The Morgan fingerprint density at radius 2 is 1.79 bits per heavy atom. The lowest BCUT2D eigenvalue weighted by atomic mass is 10.0. The fraction of sp³-hybridized carbons (Fsp3) is 0.0769. The van der Waals surface area contributed by atoms with Crippen LogP contribution < -0.4 is 0 Å². The van der Waals surface area contributed by atoms with Gasteiger partial charge < -0.3 is 0 Å². The number of pyridine rings is 1. The predicted octanol–water partition coefficient (Wildman–Crippen LogP) is 5.43. The van der Waals surface area contributed by atoms with Crippen LogP contribution in [0.25, 0.3) is 11.3 Å². The number of rotatable bonds is 2. The fourth-order valence-corrected chi connectivity index (χ4v) is 2.56. The molecule has 0 aliphatic heterocycles. The highest BCUT2D eigenvalue weighted by molar-refractivity contribution is 6.46. The molecule has 0 atom stereocenters. The van der Waals surface area contributed by atoms with Gasteiger partial charge in [-0.3, -0.25) is 4.98 Å². The molecule has 0 radical (unpaired) electrons. The standard InChI is InChI=1S/C13H6Cl4N2/c14-8-5-7(3-4-18)13(19-6-8)11-9(15)1-2-10(16)12(11)17/h1-2,5-6H,3H2. The number of hydrogen-bond acceptors (Lipinski definition) is 2. The van der Waals surface area contributed by atoms with Crippen molar-refractivity contribution < 1.29 is 0 Å². The smallest absolute Gasteiger partial charge is 0.0776 e. The van der Waals surface area contributed by atoms with Crippen molar-refractivity contribution in [2.24, 2.45) is 0 Å². The minimum Gasteiger partial charge on any atom is -0.254 e. The van der Waals surface area contributed by atoms with Gasteiger partial charge in [0.25, 0.3) is 0 Å². The summed E-state index contributed by atoms with van der Waals surface area (Å²) in [5, 5.41) is 10.4. The normalized spacial score (nSPS) is 10.3. The molecule has 0 amide bonds. The van der Waals surface area contributed by atoms with E-state index in [9.17, 15) is 0 Å². The zero-order valence-electron chi connectivity index (χ0n) is 9.42. The summed E-state index contributed by atoms with van der Waals surface area (Å²) in [6.45, 7) is 0. The van der Waals surface area contributed by atoms with E-state index >= 15 is 0 Å². The molecular weight excluding hydrogens is 326 g/mol. The highest BCUT2D eigenvalue weighted by Crippen LogP contribution is 2.39. The van der Waals surface area contributed by atoms with Crippen LogP contribution >= 0.6 is 46.4 Å². The third-order valence-corrected chi connectivity index (χ3v) is 3.81. The highest BCUT2D eigenvalue weighted by Gasteiger charge is 2.16. The molecule has 0 saturated heterocycles. The average molecular weight is 332 g/mol. The number of nitrogens with zero attached hydrogens (tertiary/aromatic N) is 2. The SMILES string of the molecule is N#CCc1cc(Cl)cnc1-c1c(Cl)ccc(Cl)c1Cl. The number of halogens is 4. The third-order valence-electron chi connectivity index (χ3n) is 2.48. The molecule has 19 heavy (non-hydrogen) atoms. The van der Waals surface area contributed by atoms with Gasteiger partial charge in [0, 0.05) is 11.8 Å². The van der Waals surface area contributed by atoms with E-state index in [1.165, 1.54) is 6.20 Å². The van der Waals surface area contributed by atoms with Crippen LogP contribution in [-0.4, -0.2) is 4.98 Å². The minimum atomic E-state index is 0.155. The first-order chi connectivity index (χ1) is 9.04. The summed E-state index contributed by atoms with van der Waals surface area (Å²) in [7, 11) is 0. The van der Waals surface area contributed by atoms with Crippen LogP contribution in [0.2, 0.25) is 20.1 Å². The van der Waals surface area contributed by atoms with Gasteiger partial charge in [-0.05, 0) is 23.8 Å². The maximum Gasteiger partial charge on any atom is 0.0776 e. The molecular formula is C13H6Cl4N2. The third kappa shape index (κ3) is 2.96. The van der Waals surface area contributed by atoms with Crippen LogP contribution in [0.3, 0.4) is 0 Å². The Morgan fingerprint density at radius 1 is 1.11 bits per heavy atom. The van der Waals surface area contributed by atoms with E-state index in [0.717, 1.165) is 0 Å². The zero-order valence-corrected chi connectivity index (χ0v) is 12.4. The maximum absolute atomic E-state index is 8.86. The first-order valence-electron chi connectivity index (χ1n) is 5.20. The first kappa shape index (κ1) is 14.4. The second kappa shape index (κ2) is 5.98. The largest absolute Gasteiger partial charge is 0.254 e. The Morgan fingerprint density at radius 3 is 2.47 bits per heavy atom. The molecule has 2 aromatic rings. The van der Waals surface area contributed by atoms with E-state index in [0.29, 0.717) is 36.9 Å². The lowest BCUT2D eigenvalue weighted by molar-refractivity contribution is 1.20. The van der Waals surface area contributed by atoms with Crippen molar-refractivity contribution in [3.05, 3.63) is 50.0 Å². The van der Waals surface area contributed by atoms with E-state index in [-0.39, 0.29) is 6.42 Å². The van der Waals surface area contributed by atoms with Gasteiger partial charge in [0.05, 0.1) is 38.3 Å². The van der Waals surface area contributed by atoms with Crippen molar-refractivity contribution in [1.29, 1.82) is 5.26 Å². The molecule has 0 unspecified atom stereocenters. The topological polar surface area (TPSA) is 36.7 Å². The second-order valence-electron chi connectivity index (χ2n) is 3.71. The summed E-state index contributed by atoms with van der Waals surface area (Å²) >= 11 is 24.2. The summed E-state index contributed by atoms with van der Waals surface area (Å²) in [4.78, 5) is 4.22. The van der Waals surface area contributed by atoms with Crippen LogP contribution in [0.15, 0.2) is 24.4 Å². The second-order valence-corrected chi connectivity index (χ2v) is 5.34. The predicted molar refractivity (Wildman–Crippen MR) is 79.0 cm³/mol. The number of nitriles is 1. The van der Waals surface area contributed by atoms with E-state index in [2.05, 4.69) is 11.1 Å². The molecule has 1 heterocycles. The summed E-state index contributed by atoms with van der Waals surface area (Å²) in [6.07, 6.45) is 1.63. The Balaban J connectivity index is 2.72. The highest BCUT2D eigenvalue weighted by atomic mass is 35.5. The lowest BCUT2D eigenvalue weighted by Crippen LogP contribution is -1.94. The van der Waals surface area contributed by atoms with Crippen molar-refractivity contribution in [2.75, 3.05) is 0 Å². The molecule has 6 heteroatoms. The fourth-order valence-electron chi connectivity index (χ4n) is 1.67. The first-order valence-corrected chi connectivity index (χ1v) is 6.71. The molecule has 1 aromatic heterocycles. The number of benzene rings is 1. The van der Waals surface area contributed by atoms with Gasteiger partial charge in [0.2, 0.25) is 0 Å². The molecule has 0 aliphatic carbocycles. The van der Waals surface area contributed by atoms with E-state index in [1.807, 2.05) is 0 Å². The minimum absolute atomic E-state index is 0.155. The lowest BCUT2D eigenvalue weighted by Gasteiger charge is -2.11. The molecule has 2 nitrogen and oxygen atoms in total. The molecule has 0 bridgehead atoms. The summed E-state index contributed by atoms with van der Waals surface area (Å²) in [5.74, 6) is 0. The molecule has 0 aliphatic rings. The number of hydrogen-bond donors (Lipinski definition) is 0. The maximum atomic E-state index is 8.86. The molecule has 0 spiro atoms. The molecule has 0 N–H and O–H groups in total. The van der Waals surface area contributed by atoms with Gasteiger partial charge in [-0.15, -0.1) is 0 Å². The van der Waals surface area contributed by atoms with Crippen LogP contribution in [-0.2, 0) is 6.42 Å². The van der Waals surface area contributed by atoms with Gasteiger partial charge >= 0.3 is 0 Å². The molecule has 1 aromatic carbocycles. The van der Waals surface area contributed by atoms with E-state index in [4.69, 9.17) is 51.7 Å². The van der Waals surface area contributed by atoms with E-state index < -0.39 is 0 Å². The van der Waals surface area contributed by atoms with Crippen molar-refractivity contribution in [2.45, 2.75) is 6.42 Å². The van der Waals surface area contributed by atoms with Crippen molar-refractivity contribution in [3.63, 3.8) is 0 Å². The molecule has 0 saturated carbocycles. The zero-order chi connectivity index (χ0) is 14.0. The van der Waals surface area contributed by atoms with Crippen LogP contribution in [0.5, 0.6) is 0 Å². The Kier molecular flexibility index (Phi) is 4.54. The van der Waals surface area contributed by atoms with Gasteiger partial charge in [-0.1, -0.05) is 46.4 Å². The summed E-state index contributed by atoms with van der Waals surface area (Å²) in [5.41, 5.74) is 1.68. The molecule has 0 fully saturated rings.